The lowest BCUT2D eigenvalue weighted by molar-refractivity contribution is -0.167. The predicted octanol–water partition coefficient (Wildman–Crippen LogP) is 4.09. The average Bonchev–Trinajstić information content (AvgIpc) is 2.47. The molecule has 2 rings (SSSR count). The van der Waals surface area contributed by atoms with Gasteiger partial charge >= 0.3 is 12.1 Å². The van der Waals surface area contributed by atoms with E-state index in [0.29, 0.717) is 10.6 Å². The zero-order valence-electron chi connectivity index (χ0n) is 11.4. The summed E-state index contributed by atoms with van der Waals surface area (Å²) in [4.78, 5) is 22.9. The number of anilines is 2. The molecule has 2 amide bonds. The molecule has 0 radical (unpaired) electrons. The van der Waals surface area contributed by atoms with Crippen molar-refractivity contribution in [2.45, 2.75) is 6.18 Å². The number of carbonyl (C=O) groups is 2. The highest BCUT2D eigenvalue weighted by Gasteiger charge is 2.38. The third-order valence-electron chi connectivity index (χ3n) is 2.74. The van der Waals surface area contributed by atoms with Gasteiger partial charge in [-0.25, -0.2) is 0 Å². The summed E-state index contributed by atoms with van der Waals surface area (Å²) >= 11 is 5.72. The summed E-state index contributed by atoms with van der Waals surface area (Å²) in [5.74, 6) is -2.54. The number of hydrogen-bond donors (Lipinski definition) is 2. The number of rotatable bonds is 3. The van der Waals surface area contributed by atoms with E-state index in [2.05, 4.69) is 5.32 Å². The van der Waals surface area contributed by atoms with Crippen LogP contribution in [0.15, 0.2) is 48.5 Å². The van der Waals surface area contributed by atoms with Gasteiger partial charge in [-0.15, -0.1) is 0 Å². The van der Waals surface area contributed by atoms with Gasteiger partial charge in [0, 0.05) is 22.0 Å². The number of halogens is 4. The predicted molar refractivity (Wildman–Crippen MR) is 80.5 cm³/mol. The molecule has 0 saturated carbocycles. The summed E-state index contributed by atoms with van der Waals surface area (Å²) in [5, 5.41) is 4.70. The highest BCUT2D eigenvalue weighted by atomic mass is 35.5. The van der Waals surface area contributed by atoms with Gasteiger partial charge in [0.15, 0.2) is 0 Å². The van der Waals surface area contributed by atoms with Crippen LogP contribution in [0.5, 0.6) is 0 Å². The maximum atomic E-state index is 12.2. The topological polar surface area (TPSA) is 58.2 Å². The van der Waals surface area contributed by atoms with Crippen LogP contribution in [0.1, 0.15) is 10.4 Å². The van der Waals surface area contributed by atoms with E-state index in [9.17, 15) is 22.8 Å². The number of nitrogens with one attached hydrogen (secondary N) is 2. The number of hydrogen-bond acceptors (Lipinski definition) is 2. The first-order valence-electron chi connectivity index (χ1n) is 6.31. The van der Waals surface area contributed by atoms with Crippen molar-refractivity contribution in [2.24, 2.45) is 0 Å². The first-order valence-corrected chi connectivity index (χ1v) is 6.68. The summed E-state index contributed by atoms with van der Waals surface area (Å²) in [6, 6.07) is 11.5. The van der Waals surface area contributed by atoms with Gasteiger partial charge in [-0.2, -0.15) is 13.2 Å². The van der Waals surface area contributed by atoms with E-state index in [1.807, 2.05) is 0 Å². The molecule has 0 saturated heterocycles. The monoisotopic (exact) mass is 342 g/mol. The van der Waals surface area contributed by atoms with Gasteiger partial charge in [-0.05, 0) is 42.5 Å². The zero-order chi connectivity index (χ0) is 17.0. The van der Waals surface area contributed by atoms with Gasteiger partial charge in [0.25, 0.3) is 5.91 Å². The van der Waals surface area contributed by atoms with Crippen molar-refractivity contribution < 1.29 is 22.8 Å². The summed E-state index contributed by atoms with van der Waals surface area (Å²) in [5.41, 5.74) is 0.491. The molecule has 0 aliphatic heterocycles. The first kappa shape index (κ1) is 16.8. The first-order chi connectivity index (χ1) is 10.8. The molecule has 23 heavy (non-hydrogen) atoms. The molecule has 0 aromatic heterocycles. The molecule has 0 fully saturated rings. The molecule has 0 unspecified atom stereocenters. The van der Waals surface area contributed by atoms with Crippen LogP contribution >= 0.6 is 11.6 Å². The Labute approximate surface area is 134 Å². The van der Waals surface area contributed by atoms with Crippen molar-refractivity contribution in [3.05, 3.63) is 59.1 Å². The van der Waals surface area contributed by atoms with Gasteiger partial charge < -0.3 is 10.6 Å². The minimum absolute atomic E-state index is 0.0822. The molecule has 0 aliphatic carbocycles. The molecule has 0 bridgehead atoms. The normalized spacial score (nSPS) is 11.0. The fourth-order valence-corrected chi connectivity index (χ4v) is 1.81. The highest BCUT2D eigenvalue weighted by Crippen LogP contribution is 2.21. The second-order valence-corrected chi connectivity index (χ2v) is 4.93. The summed E-state index contributed by atoms with van der Waals surface area (Å²) in [7, 11) is 0. The van der Waals surface area contributed by atoms with E-state index < -0.39 is 18.0 Å². The smallest absolute Gasteiger partial charge is 0.322 e. The number of alkyl halides is 3. The van der Waals surface area contributed by atoms with Gasteiger partial charge in [0.1, 0.15) is 0 Å². The Kier molecular flexibility index (Phi) is 4.90. The Bertz CT molecular complexity index is 730. The van der Waals surface area contributed by atoms with Crippen molar-refractivity contribution in [1.82, 2.24) is 0 Å². The molecule has 0 spiro atoms. The number of benzene rings is 2. The number of amides is 2. The van der Waals surface area contributed by atoms with E-state index in [1.165, 1.54) is 48.5 Å². The van der Waals surface area contributed by atoms with Crippen LogP contribution in [0.4, 0.5) is 24.5 Å². The van der Waals surface area contributed by atoms with Crippen molar-refractivity contribution in [3.63, 3.8) is 0 Å². The fraction of sp³-hybridized carbons (Fsp3) is 0.0667. The number of carbonyl (C=O) groups excluding carboxylic acids is 2. The third-order valence-corrected chi connectivity index (χ3v) is 2.99. The van der Waals surface area contributed by atoms with E-state index >= 15 is 0 Å². The largest absolute Gasteiger partial charge is 0.471 e. The van der Waals surface area contributed by atoms with E-state index in [4.69, 9.17) is 11.6 Å². The van der Waals surface area contributed by atoms with Crippen molar-refractivity contribution in [2.75, 3.05) is 10.6 Å². The summed E-state index contributed by atoms with van der Waals surface area (Å²) < 4.78 is 36.6. The molecule has 4 nitrogen and oxygen atoms in total. The molecule has 2 aromatic rings. The van der Waals surface area contributed by atoms with Crippen molar-refractivity contribution in [3.8, 4) is 0 Å². The highest BCUT2D eigenvalue weighted by molar-refractivity contribution is 6.30. The van der Waals surface area contributed by atoms with E-state index in [1.54, 1.807) is 5.32 Å². The van der Waals surface area contributed by atoms with E-state index in [0.717, 1.165) is 0 Å². The minimum atomic E-state index is -4.98. The molecule has 0 atom stereocenters. The standard InChI is InChI=1S/C15H10ClF3N2O2/c16-10-6-4-9(5-7-10)13(22)20-11-2-1-3-12(8-11)21-14(23)15(17,18)19/h1-8H,(H,20,22)(H,21,23). The Balaban J connectivity index is 2.09. The van der Waals surface area contributed by atoms with Gasteiger partial charge in [0.2, 0.25) is 0 Å². The molecular formula is C15H10ClF3N2O2. The van der Waals surface area contributed by atoms with Crippen LogP contribution in [0.2, 0.25) is 5.02 Å². The third kappa shape index (κ3) is 4.72. The quantitative estimate of drug-likeness (QED) is 0.882. The van der Waals surface area contributed by atoms with Gasteiger partial charge in [-0.3, -0.25) is 9.59 Å². The van der Waals surface area contributed by atoms with Gasteiger partial charge in [0.05, 0.1) is 0 Å². The van der Waals surface area contributed by atoms with Crippen LogP contribution in [-0.2, 0) is 4.79 Å². The van der Waals surface area contributed by atoms with E-state index in [-0.39, 0.29) is 11.4 Å². The second kappa shape index (κ2) is 6.70. The van der Waals surface area contributed by atoms with Crippen LogP contribution in [0.25, 0.3) is 0 Å². The SMILES string of the molecule is O=C(Nc1cccc(NC(=O)C(F)(F)F)c1)c1ccc(Cl)cc1. The lowest BCUT2D eigenvalue weighted by atomic mass is 10.2. The molecule has 0 aliphatic rings. The second-order valence-electron chi connectivity index (χ2n) is 4.49. The lowest BCUT2D eigenvalue weighted by Gasteiger charge is -2.10. The molecule has 120 valence electrons. The molecule has 2 N–H and O–H groups in total. The van der Waals surface area contributed by atoms with Crippen LogP contribution in [-0.4, -0.2) is 18.0 Å². The zero-order valence-corrected chi connectivity index (χ0v) is 12.2. The Morgan fingerprint density at radius 2 is 1.48 bits per heavy atom. The fourth-order valence-electron chi connectivity index (χ4n) is 1.68. The summed E-state index contributed by atoms with van der Waals surface area (Å²) in [6.07, 6.45) is -4.98. The molecule has 2 aromatic carbocycles. The Hall–Kier alpha value is -2.54. The average molecular weight is 343 g/mol. The molecule has 0 heterocycles. The van der Waals surface area contributed by atoms with Crippen LogP contribution in [0, 0.1) is 0 Å². The molecular weight excluding hydrogens is 333 g/mol. The van der Waals surface area contributed by atoms with Crippen molar-refractivity contribution >= 4 is 34.8 Å². The molecule has 8 heteroatoms. The van der Waals surface area contributed by atoms with Crippen molar-refractivity contribution in [1.29, 1.82) is 0 Å². The lowest BCUT2D eigenvalue weighted by Crippen LogP contribution is -2.29. The maximum Gasteiger partial charge on any atom is 0.471 e. The Morgan fingerprint density at radius 1 is 0.913 bits per heavy atom. The Morgan fingerprint density at radius 3 is 2.04 bits per heavy atom. The summed E-state index contributed by atoms with van der Waals surface area (Å²) in [6.45, 7) is 0. The van der Waals surface area contributed by atoms with Crippen LogP contribution < -0.4 is 10.6 Å². The maximum absolute atomic E-state index is 12.2. The van der Waals surface area contributed by atoms with Gasteiger partial charge in [-0.1, -0.05) is 17.7 Å². The van der Waals surface area contributed by atoms with Crippen LogP contribution in [0.3, 0.4) is 0 Å². The minimum Gasteiger partial charge on any atom is -0.322 e.